The Bertz CT molecular complexity index is 1210. The van der Waals surface area contributed by atoms with Crippen LogP contribution in [0.15, 0.2) is 53.5 Å². The minimum atomic E-state index is -0.855. The summed E-state index contributed by atoms with van der Waals surface area (Å²) in [6.07, 6.45) is 1.43. The first-order chi connectivity index (χ1) is 15.8. The quantitative estimate of drug-likeness (QED) is 0.292. The molecule has 0 bridgehead atoms. The van der Waals surface area contributed by atoms with Crippen LogP contribution in [0.1, 0.15) is 35.3 Å². The third-order valence-electron chi connectivity index (χ3n) is 6.09. The lowest BCUT2D eigenvalue weighted by molar-refractivity contribution is -0.138. The van der Waals surface area contributed by atoms with E-state index in [4.69, 9.17) is 15.9 Å². The maximum absolute atomic E-state index is 12.1. The number of nitrogen functional groups attached to an aromatic ring is 1. The van der Waals surface area contributed by atoms with E-state index in [-0.39, 0.29) is 36.8 Å². The molecule has 0 radical (unpaired) electrons. The fraction of sp³-hybridized carbons (Fsp3) is 0.320. The van der Waals surface area contributed by atoms with Crippen LogP contribution in [0.5, 0.6) is 5.75 Å². The van der Waals surface area contributed by atoms with Gasteiger partial charge in [0.05, 0.1) is 18.3 Å². The summed E-state index contributed by atoms with van der Waals surface area (Å²) in [5.41, 5.74) is 7.00. The molecule has 3 aromatic rings. The van der Waals surface area contributed by atoms with E-state index in [0.717, 1.165) is 51.6 Å². The van der Waals surface area contributed by atoms with E-state index >= 15 is 0 Å². The molecule has 10 heteroatoms. The number of thiophene rings is 1. The van der Waals surface area contributed by atoms with Gasteiger partial charge in [-0.3, -0.25) is 15.2 Å². The highest BCUT2D eigenvalue weighted by molar-refractivity contribution is 7.19. The molecule has 2 heterocycles. The van der Waals surface area contributed by atoms with Gasteiger partial charge in [-0.2, -0.15) is 0 Å². The van der Waals surface area contributed by atoms with Crippen LogP contribution in [0.3, 0.4) is 0 Å². The van der Waals surface area contributed by atoms with Crippen LogP contribution in [0.25, 0.3) is 10.1 Å². The number of carboxylic acid groups (broad SMARTS) is 1. The number of amidine groups is 2. The SMILES string of the molecule is CN=C(C)N1CC[C@H](Oc2ccc(C(Cc3cc4cc(C(=N)N)ccc4s3)C(=O)O)cc2)C1.Cl.Cl. The lowest BCUT2D eigenvalue weighted by atomic mass is 9.95. The number of hydrogen-bond acceptors (Lipinski definition) is 5. The van der Waals surface area contributed by atoms with Gasteiger partial charge in [0.1, 0.15) is 17.7 Å². The molecule has 1 fully saturated rings. The number of carboxylic acids is 1. The molecule has 1 aromatic heterocycles. The van der Waals surface area contributed by atoms with Crippen molar-refractivity contribution in [2.45, 2.75) is 31.8 Å². The number of carbonyl (C=O) groups is 1. The van der Waals surface area contributed by atoms with Crippen molar-refractivity contribution in [3.8, 4) is 5.75 Å². The van der Waals surface area contributed by atoms with Crippen LogP contribution in [-0.4, -0.2) is 53.9 Å². The maximum Gasteiger partial charge on any atom is 0.311 e. The predicted octanol–water partition coefficient (Wildman–Crippen LogP) is 4.94. The van der Waals surface area contributed by atoms with E-state index < -0.39 is 11.9 Å². The highest BCUT2D eigenvalue weighted by Crippen LogP contribution is 2.32. The number of aliphatic imine (C=N–C) groups is 1. The van der Waals surface area contributed by atoms with E-state index in [1.165, 1.54) is 0 Å². The zero-order valence-corrected chi connectivity index (χ0v) is 22.0. The van der Waals surface area contributed by atoms with Crippen LogP contribution >= 0.6 is 36.2 Å². The molecule has 4 N–H and O–H groups in total. The van der Waals surface area contributed by atoms with Gasteiger partial charge in [0.15, 0.2) is 0 Å². The third kappa shape index (κ3) is 6.66. The number of halogens is 2. The third-order valence-corrected chi connectivity index (χ3v) is 7.23. The molecule has 4 rings (SSSR count). The number of nitrogens with one attached hydrogen (secondary N) is 1. The average Bonchev–Trinajstić information content (AvgIpc) is 3.43. The maximum atomic E-state index is 12.1. The Hall–Kier alpha value is -2.81. The summed E-state index contributed by atoms with van der Waals surface area (Å²) < 4.78 is 7.17. The Labute approximate surface area is 221 Å². The second-order valence-corrected chi connectivity index (χ2v) is 9.46. The van der Waals surface area contributed by atoms with Gasteiger partial charge >= 0.3 is 5.97 Å². The van der Waals surface area contributed by atoms with Gasteiger partial charge in [-0.25, -0.2) is 0 Å². The number of benzene rings is 2. The second-order valence-electron chi connectivity index (χ2n) is 8.29. The number of ether oxygens (including phenoxy) is 1. The molecule has 0 aliphatic carbocycles. The van der Waals surface area contributed by atoms with Gasteiger partial charge in [-0.15, -0.1) is 36.2 Å². The molecule has 7 nitrogen and oxygen atoms in total. The van der Waals surface area contributed by atoms with Crippen LogP contribution in [0.4, 0.5) is 0 Å². The lowest BCUT2D eigenvalue weighted by Gasteiger charge is -2.18. The van der Waals surface area contributed by atoms with Gasteiger partial charge in [0.25, 0.3) is 0 Å². The predicted molar refractivity (Wildman–Crippen MR) is 147 cm³/mol. The molecule has 0 amide bonds. The van der Waals surface area contributed by atoms with Crippen LogP contribution in [0.2, 0.25) is 0 Å². The van der Waals surface area contributed by atoms with Crippen LogP contribution < -0.4 is 10.5 Å². The van der Waals surface area contributed by atoms with Crippen LogP contribution in [-0.2, 0) is 11.2 Å². The Balaban J connectivity index is 0.00000216. The zero-order valence-electron chi connectivity index (χ0n) is 19.6. The molecule has 2 aromatic carbocycles. The fourth-order valence-corrected chi connectivity index (χ4v) is 5.24. The molecule has 188 valence electrons. The van der Waals surface area contributed by atoms with Crippen molar-refractivity contribution in [1.29, 1.82) is 5.41 Å². The van der Waals surface area contributed by atoms with Crippen molar-refractivity contribution in [2.24, 2.45) is 10.7 Å². The van der Waals surface area contributed by atoms with Crippen LogP contribution in [0, 0.1) is 5.41 Å². The molecule has 2 atom stereocenters. The number of aliphatic carboxylic acids is 1. The van der Waals surface area contributed by atoms with E-state index in [1.807, 2.05) is 55.5 Å². The Morgan fingerprint density at radius 1 is 1.26 bits per heavy atom. The van der Waals surface area contributed by atoms with Gasteiger partial charge in [0, 0.05) is 35.2 Å². The Kier molecular flexibility index (Phi) is 9.94. The largest absolute Gasteiger partial charge is 0.489 e. The number of rotatable bonds is 7. The highest BCUT2D eigenvalue weighted by Gasteiger charge is 2.25. The van der Waals surface area contributed by atoms with Crippen molar-refractivity contribution >= 4 is 63.9 Å². The normalized spacial score (nSPS) is 16.3. The Morgan fingerprint density at radius 2 is 1.97 bits per heavy atom. The van der Waals surface area contributed by atoms with E-state index in [1.54, 1.807) is 18.4 Å². The van der Waals surface area contributed by atoms with Crippen molar-refractivity contribution in [1.82, 2.24) is 4.90 Å². The molecule has 0 saturated carbocycles. The van der Waals surface area contributed by atoms with Gasteiger partial charge < -0.3 is 20.5 Å². The van der Waals surface area contributed by atoms with E-state index in [0.29, 0.717) is 12.0 Å². The molecule has 1 aliphatic heterocycles. The number of likely N-dealkylation sites (tertiary alicyclic amines) is 1. The number of nitrogens with two attached hydrogens (primary N) is 1. The molecular formula is C25H30Cl2N4O3S. The zero-order chi connectivity index (χ0) is 23.5. The molecule has 1 unspecified atom stereocenters. The van der Waals surface area contributed by atoms with Crippen molar-refractivity contribution in [2.75, 3.05) is 20.1 Å². The molecule has 1 saturated heterocycles. The summed E-state index contributed by atoms with van der Waals surface area (Å²) in [4.78, 5) is 19.5. The minimum absolute atomic E-state index is 0. The molecule has 35 heavy (non-hydrogen) atoms. The fourth-order valence-electron chi connectivity index (χ4n) is 4.15. The number of hydrogen-bond donors (Lipinski definition) is 3. The average molecular weight is 538 g/mol. The molecule has 0 spiro atoms. The first-order valence-corrected chi connectivity index (χ1v) is 11.7. The summed E-state index contributed by atoms with van der Waals surface area (Å²) in [7, 11) is 1.79. The topological polar surface area (TPSA) is 112 Å². The standard InChI is InChI=1S/C25H28N4O3S.2ClH/c1-15(28-2)29-10-9-20(14-29)32-19-6-3-16(4-7-19)22(25(30)31)13-21-12-18-11-17(24(26)27)5-8-23(18)33-21;;/h3-8,11-12,20,22H,9-10,13-14H2,1-2H3,(H3,26,27)(H,30,31);2*1H/t20-,22?;;/m0../s1. The smallest absolute Gasteiger partial charge is 0.311 e. The van der Waals surface area contributed by atoms with Gasteiger partial charge in [0.2, 0.25) is 0 Å². The van der Waals surface area contributed by atoms with E-state index in [9.17, 15) is 9.90 Å². The Morgan fingerprint density at radius 3 is 2.60 bits per heavy atom. The first-order valence-electron chi connectivity index (χ1n) is 10.9. The van der Waals surface area contributed by atoms with E-state index in [2.05, 4.69) is 9.89 Å². The lowest BCUT2D eigenvalue weighted by Crippen LogP contribution is -2.29. The summed E-state index contributed by atoms with van der Waals surface area (Å²) in [6.45, 7) is 3.73. The summed E-state index contributed by atoms with van der Waals surface area (Å²) in [5, 5.41) is 18.5. The summed E-state index contributed by atoms with van der Waals surface area (Å²) in [6, 6.07) is 15.0. The second kappa shape index (κ2) is 12.2. The summed E-state index contributed by atoms with van der Waals surface area (Å²) >= 11 is 1.57. The van der Waals surface area contributed by atoms with Crippen molar-refractivity contribution in [3.63, 3.8) is 0 Å². The summed E-state index contributed by atoms with van der Waals surface area (Å²) in [5.74, 6) is 0.282. The van der Waals surface area contributed by atoms with Gasteiger partial charge in [-0.1, -0.05) is 12.1 Å². The molecule has 1 aliphatic rings. The minimum Gasteiger partial charge on any atom is -0.489 e. The first kappa shape index (κ1) is 28.4. The van der Waals surface area contributed by atoms with Crippen molar-refractivity contribution < 1.29 is 14.6 Å². The number of nitrogens with zero attached hydrogens (tertiary/aromatic N) is 2. The highest BCUT2D eigenvalue weighted by atomic mass is 35.5. The molecular weight excluding hydrogens is 507 g/mol. The van der Waals surface area contributed by atoms with Crippen molar-refractivity contribution in [3.05, 3.63) is 64.5 Å². The number of fused-ring (bicyclic) bond motifs is 1. The monoisotopic (exact) mass is 536 g/mol. The van der Waals surface area contributed by atoms with Gasteiger partial charge in [-0.05, 0) is 60.7 Å².